The van der Waals surface area contributed by atoms with Crippen molar-refractivity contribution in [2.45, 2.75) is 32.7 Å². The molecule has 142 valence electrons. The minimum atomic E-state index is 0.846. The quantitative estimate of drug-likeness (QED) is 0.681. The fourth-order valence-corrected chi connectivity index (χ4v) is 4.78. The molecular formula is C22H32N2OS. The summed E-state index contributed by atoms with van der Waals surface area (Å²) in [6.45, 7) is 8.16. The summed E-state index contributed by atoms with van der Waals surface area (Å²) in [4.78, 5) is 8.03. The van der Waals surface area contributed by atoms with Crippen molar-refractivity contribution in [3.8, 4) is 5.75 Å². The fraction of sp³-hybridized carbons (Fsp3) is 0.545. The van der Waals surface area contributed by atoms with Crippen molar-refractivity contribution in [3.63, 3.8) is 0 Å². The molecule has 1 aromatic heterocycles. The summed E-state index contributed by atoms with van der Waals surface area (Å²) in [5.74, 6) is 1.79. The molecule has 0 atom stereocenters. The molecule has 0 spiro atoms. The average molecular weight is 373 g/mol. The summed E-state index contributed by atoms with van der Waals surface area (Å²) < 4.78 is 5.23. The van der Waals surface area contributed by atoms with Gasteiger partial charge in [-0.05, 0) is 82.1 Å². The first-order valence-electron chi connectivity index (χ1n) is 9.71. The van der Waals surface area contributed by atoms with Crippen LogP contribution in [0.1, 0.15) is 28.2 Å². The Morgan fingerprint density at radius 1 is 1.12 bits per heavy atom. The molecule has 0 unspecified atom stereocenters. The van der Waals surface area contributed by atoms with Crippen LogP contribution in [-0.4, -0.2) is 50.1 Å². The second-order valence-corrected chi connectivity index (χ2v) is 8.96. The number of aryl methyl sites for hydroxylation is 1. The molecule has 2 aromatic rings. The number of methoxy groups -OCH3 is 1. The van der Waals surface area contributed by atoms with Crippen LogP contribution >= 0.6 is 11.3 Å². The lowest BCUT2D eigenvalue weighted by Gasteiger charge is -2.33. The third-order valence-corrected chi connectivity index (χ3v) is 6.36. The van der Waals surface area contributed by atoms with E-state index in [4.69, 9.17) is 4.74 Å². The van der Waals surface area contributed by atoms with E-state index in [1.165, 1.54) is 54.3 Å². The molecule has 1 fully saturated rings. The van der Waals surface area contributed by atoms with Crippen LogP contribution in [0.5, 0.6) is 5.75 Å². The molecular weight excluding hydrogens is 340 g/mol. The second-order valence-electron chi connectivity index (χ2n) is 7.59. The standard InChI is InChI=1S/C22H32N2OS/c1-18-4-9-22(26-18)17-23(2)16-20-11-14-24(15-12-20)13-10-19-5-7-21(25-3)8-6-19/h4-9,20H,10-17H2,1-3H3. The Morgan fingerprint density at radius 2 is 1.85 bits per heavy atom. The van der Waals surface area contributed by atoms with E-state index in [2.05, 4.69) is 60.2 Å². The Kier molecular flexibility index (Phi) is 7.12. The maximum Gasteiger partial charge on any atom is 0.118 e. The van der Waals surface area contributed by atoms with E-state index in [-0.39, 0.29) is 0 Å². The first-order chi connectivity index (χ1) is 12.6. The first kappa shape index (κ1) is 19.4. The molecule has 3 rings (SSSR count). The molecule has 0 aliphatic carbocycles. The van der Waals surface area contributed by atoms with Crippen LogP contribution in [0, 0.1) is 12.8 Å². The predicted octanol–water partition coefficient (Wildman–Crippen LogP) is 4.45. The van der Waals surface area contributed by atoms with Crippen LogP contribution in [0.25, 0.3) is 0 Å². The summed E-state index contributed by atoms with van der Waals surface area (Å²) >= 11 is 1.93. The van der Waals surface area contributed by atoms with Gasteiger partial charge in [0.15, 0.2) is 0 Å². The summed E-state index contributed by atoms with van der Waals surface area (Å²) in [7, 11) is 3.99. The number of nitrogens with zero attached hydrogens (tertiary/aromatic N) is 2. The van der Waals surface area contributed by atoms with Gasteiger partial charge in [0.25, 0.3) is 0 Å². The van der Waals surface area contributed by atoms with Crippen molar-refractivity contribution in [1.29, 1.82) is 0 Å². The minimum absolute atomic E-state index is 0.846. The van der Waals surface area contributed by atoms with Gasteiger partial charge in [0.05, 0.1) is 7.11 Å². The molecule has 2 heterocycles. The lowest BCUT2D eigenvalue weighted by molar-refractivity contribution is 0.154. The van der Waals surface area contributed by atoms with Crippen LogP contribution in [0.15, 0.2) is 36.4 Å². The largest absolute Gasteiger partial charge is 0.497 e. The van der Waals surface area contributed by atoms with Crippen molar-refractivity contribution in [2.75, 3.05) is 40.3 Å². The van der Waals surface area contributed by atoms with Crippen LogP contribution in [-0.2, 0) is 13.0 Å². The van der Waals surface area contributed by atoms with E-state index in [1.807, 2.05) is 11.3 Å². The summed E-state index contributed by atoms with van der Waals surface area (Å²) in [5, 5.41) is 0. The number of likely N-dealkylation sites (tertiary alicyclic amines) is 1. The smallest absolute Gasteiger partial charge is 0.118 e. The van der Waals surface area contributed by atoms with Crippen molar-refractivity contribution in [2.24, 2.45) is 5.92 Å². The first-order valence-corrected chi connectivity index (χ1v) is 10.5. The van der Waals surface area contributed by atoms with E-state index in [0.29, 0.717) is 0 Å². The van der Waals surface area contributed by atoms with Gasteiger partial charge >= 0.3 is 0 Å². The normalized spacial score (nSPS) is 16.3. The van der Waals surface area contributed by atoms with E-state index in [0.717, 1.165) is 24.6 Å². The Hall–Kier alpha value is -1.36. The lowest BCUT2D eigenvalue weighted by Crippen LogP contribution is -2.38. The SMILES string of the molecule is COc1ccc(CCN2CCC(CN(C)Cc3ccc(C)s3)CC2)cc1. The highest BCUT2D eigenvalue weighted by Gasteiger charge is 2.20. The average Bonchev–Trinajstić information content (AvgIpc) is 3.06. The topological polar surface area (TPSA) is 15.7 Å². The molecule has 1 saturated heterocycles. The number of piperidine rings is 1. The summed E-state index contributed by atoms with van der Waals surface area (Å²) in [6, 6.07) is 13.0. The van der Waals surface area contributed by atoms with Gasteiger partial charge in [-0.3, -0.25) is 0 Å². The molecule has 0 saturated carbocycles. The Bertz CT molecular complexity index is 659. The molecule has 1 aliphatic rings. The number of rotatable bonds is 8. The maximum atomic E-state index is 5.23. The third kappa shape index (κ3) is 5.83. The highest BCUT2D eigenvalue weighted by atomic mass is 32.1. The fourth-order valence-electron chi connectivity index (χ4n) is 3.81. The molecule has 0 amide bonds. The molecule has 0 N–H and O–H groups in total. The molecule has 26 heavy (non-hydrogen) atoms. The van der Waals surface area contributed by atoms with Gasteiger partial charge < -0.3 is 14.5 Å². The van der Waals surface area contributed by atoms with Crippen molar-refractivity contribution < 1.29 is 4.74 Å². The van der Waals surface area contributed by atoms with Crippen LogP contribution < -0.4 is 4.74 Å². The number of hydrogen-bond acceptors (Lipinski definition) is 4. The van der Waals surface area contributed by atoms with Gasteiger partial charge in [-0.25, -0.2) is 0 Å². The van der Waals surface area contributed by atoms with Gasteiger partial charge in [0.2, 0.25) is 0 Å². The molecule has 0 radical (unpaired) electrons. The van der Waals surface area contributed by atoms with Crippen LogP contribution in [0.3, 0.4) is 0 Å². The molecule has 1 aliphatic heterocycles. The predicted molar refractivity (Wildman–Crippen MR) is 111 cm³/mol. The van der Waals surface area contributed by atoms with Gasteiger partial charge in [0.1, 0.15) is 5.75 Å². The zero-order valence-electron chi connectivity index (χ0n) is 16.4. The maximum absolute atomic E-state index is 5.23. The molecule has 4 heteroatoms. The van der Waals surface area contributed by atoms with E-state index >= 15 is 0 Å². The van der Waals surface area contributed by atoms with E-state index in [1.54, 1.807) is 7.11 Å². The molecule has 1 aromatic carbocycles. The second kappa shape index (κ2) is 9.54. The monoisotopic (exact) mass is 372 g/mol. The lowest BCUT2D eigenvalue weighted by atomic mass is 9.96. The van der Waals surface area contributed by atoms with E-state index in [9.17, 15) is 0 Å². The Balaban J connectivity index is 1.35. The summed E-state index contributed by atoms with van der Waals surface area (Å²) in [5.41, 5.74) is 1.40. The number of ether oxygens (including phenoxy) is 1. The molecule has 0 bridgehead atoms. The van der Waals surface area contributed by atoms with Crippen molar-refractivity contribution in [3.05, 3.63) is 51.7 Å². The zero-order chi connectivity index (χ0) is 18.4. The minimum Gasteiger partial charge on any atom is -0.497 e. The van der Waals surface area contributed by atoms with Gasteiger partial charge in [-0.15, -0.1) is 11.3 Å². The number of hydrogen-bond donors (Lipinski definition) is 0. The Morgan fingerprint density at radius 3 is 2.46 bits per heavy atom. The van der Waals surface area contributed by atoms with E-state index < -0.39 is 0 Å². The Labute approximate surface area is 162 Å². The van der Waals surface area contributed by atoms with Crippen molar-refractivity contribution in [1.82, 2.24) is 9.80 Å². The number of thiophene rings is 1. The van der Waals surface area contributed by atoms with Gasteiger partial charge in [-0.2, -0.15) is 0 Å². The zero-order valence-corrected chi connectivity index (χ0v) is 17.2. The molecule has 3 nitrogen and oxygen atoms in total. The van der Waals surface area contributed by atoms with Gasteiger partial charge in [-0.1, -0.05) is 12.1 Å². The van der Waals surface area contributed by atoms with Gasteiger partial charge in [0, 0.05) is 29.4 Å². The highest BCUT2D eigenvalue weighted by molar-refractivity contribution is 7.11. The summed E-state index contributed by atoms with van der Waals surface area (Å²) in [6.07, 6.45) is 3.79. The van der Waals surface area contributed by atoms with Crippen molar-refractivity contribution >= 4 is 11.3 Å². The number of benzene rings is 1. The third-order valence-electron chi connectivity index (χ3n) is 5.37. The van der Waals surface area contributed by atoms with Crippen LogP contribution in [0.4, 0.5) is 0 Å². The highest BCUT2D eigenvalue weighted by Crippen LogP contribution is 2.21. The van der Waals surface area contributed by atoms with Crippen LogP contribution in [0.2, 0.25) is 0 Å².